The standard InChI is InChI=1S/C17H27N3O3S/c1-2-3-13-24(22,23)18-14-17(21)20-11-9-19(10-12-20)15-16-7-5-4-6-8-16/h4-8,18H,2-3,9-15H2,1H3. The van der Waals surface area contributed by atoms with Gasteiger partial charge in [-0.05, 0) is 12.0 Å². The maximum Gasteiger partial charge on any atom is 0.237 e. The van der Waals surface area contributed by atoms with Crippen LogP contribution >= 0.6 is 0 Å². The predicted molar refractivity (Wildman–Crippen MR) is 95.0 cm³/mol. The molecule has 0 spiro atoms. The first kappa shape index (κ1) is 18.9. The zero-order valence-electron chi connectivity index (χ0n) is 14.3. The molecule has 6 nitrogen and oxygen atoms in total. The molecule has 2 rings (SSSR count). The van der Waals surface area contributed by atoms with Crippen molar-refractivity contribution < 1.29 is 13.2 Å². The smallest absolute Gasteiger partial charge is 0.237 e. The summed E-state index contributed by atoms with van der Waals surface area (Å²) >= 11 is 0. The van der Waals surface area contributed by atoms with Gasteiger partial charge in [0.05, 0.1) is 12.3 Å². The van der Waals surface area contributed by atoms with Gasteiger partial charge in [0, 0.05) is 32.7 Å². The third-order valence-electron chi connectivity index (χ3n) is 4.18. The van der Waals surface area contributed by atoms with Gasteiger partial charge >= 0.3 is 0 Å². The average molecular weight is 353 g/mol. The van der Waals surface area contributed by atoms with Gasteiger partial charge in [0.15, 0.2) is 0 Å². The zero-order valence-corrected chi connectivity index (χ0v) is 15.1. The quantitative estimate of drug-likeness (QED) is 0.758. The summed E-state index contributed by atoms with van der Waals surface area (Å²) < 4.78 is 25.9. The topological polar surface area (TPSA) is 69.7 Å². The van der Waals surface area contributed by atoms with E-state index in [-0.39, 0.29) is 18.2 Å². The van der Waals surface area contributed by atoms with Crippen LogP contribution in [-0.2, 0) is 21.4 Å². The summed E-state index contributed by atoms with van der Waals surface area (Å²) in [6.07, 6.45) is 1.43. The third-order valence-corrected chi connectivity index (χ3v) is 5.59. The fourth-order valence-corrected chi connectivity index (χ4v) is 3.84. The third kappa shape index (κ3) is 6.22. The molecule has 0 unspecified atom stereocenters. The molecule has 7 heteroatoms. The Labute approximate surface area is 144 Å². The number of rotatable bonds is 8. The van der Waals surface area contributed by atoms with Crippen molar-refractivity contribution in [2.75, 3.05) is 38.5 Å². The summed E-state index contributed by atoms with van der Waals surface area (Å²) in [7, 11) is -3.34. The molecule has 1 fully saturated rings. The molecule has 0 atom stereocenters. The van der Waals surface area contributed by atoms with Crippen LogP contribution in [0, 0.1) is 0 Å². The summed E-state index contributed by atoms with van der Waals surface area (Å²) in [6, 6.07) is 10.3. The van der Waals surface area contributed by atoms with Gasteiger partial charge in [-0.2, -0.15) is 0 Å². The Kier molecular flexibility index (Phi) is 7.20. The first-order chi connectivity index (χ1) is 11.5. The van der Waals surface area contributed by atoms with Gasteiger partial charge in [-0.25, -0.2) is 13.1 Å². The molecule has 1 N–H and O–H groups in total. The van der Waals surface area contributed by atoms with E-state index in [0.717, 1.165) is 26.1 Å². The van der Waals surface area contributed by atoms with Crippen LogP contribution in [0.15, 0.2) is 30.3 Å². The molecule has 0 aromatic heterocycles. The summed E-state index contributed by atoms with van der Waals surface area (Å²) in [5, 5.41) is 0. The van der Waals surface area contributed by atoms with Crippen LogP contribution in [0.3, 0.4) is 0 Å². The van der Waals surface area contributed by atoms with E-state index < -0.39 is 10.0 Å². The number of nitrogens with zero attached hydrogens (tertiary/aromatic N) is 2. The Morgan fingerprint density at radius 3 is 2.42 bits per heavy atom. The van der Waals surface area contributed by atoms with Gasteiger partial charge in [0.1, 0.15) is 0 Å². The minimum Gasteiger partial charge on any atom is -0.339 e. The second-order valence-electron chi connectivity index (χ2n) is 6.14. The fourth-order valence-electron chi connectivity index (χ4n) is 2.69. The lowest BCUT2D eigenvalue weighted by molar-refractivity contribution is -0.131. The molecular weight excluding hydrogens is 326 g/mol. The number of hydrogen-bond acceptors (Lipinski definition) is 4. The number of sulfonamides is 1. The fraction of sp³-hybridized carbons (Fsp3) is 0.588. The van der Waals surface area contributed by atoms with Crippen LogP contribution in [0.1, 0.15) is 25.3 Å². The number of carbonyl (C=O) groups is 1. The molecule has 1 aliphatic rings. The molecule has 0 bridgehead atoms. The highest BCUT2D eigenvalue weighted by Crippen LogP contribution is 2.08. The summed E-state index contributed by atoms with van der Waals surface area (Å²) in [5.41, 5.74) is 1.26. The van der Waals surface area contributed by atoms with E-state index in [0.29, 0.717) is 19.5 Å². The molecule has 1 aliphatic heterocycles. The highest BCUT2D eigenvalue weighted by atomic mass is 32.2. The van der Waals surface area contributed by atoms with Crippen molar-refractivity contribution in [1.82, 2.24) is 14.5 Å². The van der Waals surface area contributed by atoms with E-state index in [9.17, 15) is 13.2 Å². The van der Waals surface area contributed by atoms with Crippen LogP contribution in [-0.4, -0.2) is 62.6 Å². The molecule has 24 heavy (non-hydrogen) atoms. The van der Waals surface area contributed by atoms with Gasteiger partial charge < -0.3 is 4.90 Å². The monoisotopic (exact) mass is 353 g/mol. The molecule has 1 aromatic rings. The molecule has 1 aromatic carbocycles. The van der Waals surface area contributed by atoms with Crippen molar-refractivity contribution in [2.24, 2.45) is 0 Å². The normalized spacial score (nSPS) is 16.3. The number of amides is 1. The van der Waals surface area contributed by atoms with Crippen molar-refractivity contribution in [3.63, 3.8) is 0 Å². The molecule has 0 saturated carbocycles. The van der Waals surface area contributed by atoms with Gasteiger partial charge in [-0.1, -0.05) is 43.7 Å². The van der Waals surface area contributed by atoms with Crippen molar-refractivity contribution >= 4 is 15.9 Å². The van der Waals surface area contributed by atoms with E-state index in [1.165, 1.54) is 5.56 Å². The maximum atomic E-state index is 12.2. The second-order valence-corrected chi connectivity index (χ2v) is 8.06. The lowest BCUT2D eigenvalue weighted by atomic mass is 10.2. The first-order valence-corrected chi connectivity index (χ1v) is 10.2. The first-order valence-electron chi connectivity index (χ1n) is 8.51. The molecule has 0 radical (unpaired) electrons. The van der Waals surface area contributed by atoms with Crippen molar-refractivity contribution in [2.45, 2.75) is 26.3 Å². The van der Waals surface area contributed by atoms with Crippen molar-refractivity contribution in [1.29, 1.82) is 0 Å². The van der Waals surface area contributed by atoms with Crippen molar-refractivity contribution in [3.8, 4) is 0 Å². The largest absolute Gasteiger partial charge is 0.339 e. The van der Waals surface area contributed by atoms with E-state index in [2.05, 4.69) is 21.8 Å². The highest BCUT2D eigenvalue weighted by Gasteiger charge is 2.22. The SMILES string of the molecule is CCCCS(=O)(=O)NCC(=O)N1CCN(Cc2ccccc2)CC1. The number of unbranched alkanes of at least 4 members (excludes halogenated alkanes) is 1. The van der Waals surface area contributed by atoms with E-state index in [1.54, 1.807) is 4.90 Å². The van der Waals surface area contributed by atoms with Crippen LogP contribution in [0.4, 0.5) is 0 Å². The molecule has 1 heterocycles. The summed E-state index contributed by atoms with van der Waals surface area (Å²) in [6.45, 7) is 5.59. The van der Waals surface area contributed by atoms with E-state index in [1.807, 2.05) is 25.1 Å². The van der Waals surface area contributed by atoms with Gasteiger partial charge in [-0.15, -0.1) is 0 Å². The molecule has 1 saturated heterocycles. The Morgan fingerprint density at radius 1 is 1.12 bits per heavy atom. The molecule has 134 valence electrons. The van der Waals surface area contributed by atoms with Gasteiger partial charge in [0.2, 0.25) is 15.9 Å². The lowest BCUT2D eigenvalue weighted by Gasteiger charge is -2.34. The Morgan fingerprint density at radius 2 is 1.79 bits per heavy atom. The average Bonchev–Trinajstić information content (AvgIpc) is 2.60. The van der Waals surface area contributed by atoms with E-state index >= 15 is 0 Å². The van der Waals surface area contributed by atoms with Crippen LogP contribution in [0.25, 0.3) is 0 Å². The second kappa shape index (κ2) is 9.15. The Balaban J connectivity index is 1.72. The zero-order chi connectivity index (χ0) is 17.4. The lowest BCUT2D eigenvalue weighted by Crippen LogP contribution is -2.50. The van der Waals surface area contributed by atoms with E-state index in [4.69, 9.17) is 0 Å². The van der Waals surface area contributed by atoms with Crippen LogP contribution in [0.5, 0.6) is 0 Å². The van der Waals surface area contributed by atoms with Crippen LogP contribution in [0.2, 0.25) is 0 Å². The number of nitrogens with one attached hydrogen (secondary N) is 1. The molecule has 0 aliphatic carbocycles. The molecular formula is C17H27N3O3S. The predicted octanol–water partition coefficient (Wildman–Crippen LogP) is 1.05. The minimum absolute atomic E-state index is 0.0850. The number of carbonyl (C=O) groups excluding carboxylic acids is 1. The van der Waals surface area contributed by atoms with Gasteiger partial charge in [-0.3, -0.25) is 9.69 Å². The number of benzene rings is 1. The van der Waals surface area contributed by atoms with Crippen LogP contribution < -0.4 is 4.72 Å². The Hall–Kier alpha value is -1.44. The van der Waals surface area contributed by atoms with Crippen molar-refractivity contribution in [3.05, 3.63) is 35.9 Å². The summed E-state index contributed by atoms with van der Waals surface area (Å²) in [4.78, 5) is 16.2. The number of hydrogen-bond donors (Lipinski definition) is 1. The highest BCUT2D eigenvalue weighted by molar-refractivity contribution is 7.89. The minimum atomic E-state index is -3.34. The number of piperazine rings is 1. The molecule has 1 amide bonds. The van der Waals surface area contributed by atoms with Gasteiger partial charge in [0.25, 0.3) is 0 Å². The summed E-state index contributed by atoms with van der Waals surface area (Å²) in [5.74, 6) is -0.0591. The Bertz CT molecular complexity index is 611. The maximum absolute atomic E-state index is 12.2.